The van der Waals surface area contributed by atoms with Crippen LogP contribution in [0.4, 0.5) is 0 Å². The third-order valence-corrected chi connectivity index (χ3v) is 11.5. The number of amides is 4. The third kappa shape index (κ3) is 6.52. The van der Waals surface area contributed by atoms with Crippen molar-refractivity contribution in [3.8, 4) is 17.2 Å². The van der Waals surface area contributed by atoms with Crippen molar-refractivity contribution < 1.29 is 72.5 Å². The van der Waals surface area contributed by atoms with Crippen molar-refractivity contribution in [2.24, 2.45) is 0 Å². The van der Waals surface area contributed by atoms with E-state index in [1.807, 2.05) is 0 Å². The molecule has 8 rings (SSSR count). The summed E-state index contributed by atoms with van der Waals surface area (Å²) in [6, 6.07) is 4.15. The second-order valence-electron chi connectivity index (χ2n) is 14.9. The summed E-state index contributed by atoms with van der Waals surface area (Å²) in [5.74, 6) is -5.75. The summed E-state index contributed by atoms with van der Waals surface area (Å²) in [7, 11) is 2.85. The van der Waals surface area contributed by atoms with Crippen LogP contribution in [0.3, 0.4) is 0 Å². The van der Waals surface area contributed by atoms with Crippen LogP contribution in [-0.2, 0) is 49.3 Å². The summed E-state index contributed by atoms with van der Waals surface area (Å²) >= 11 is 0. The van der Waals surface area contributed by atoms with Gasteiger partial charge < -0.3 is 54.4 Å². The second kappa shape index (κ2) is 15.1. The number of aromatic hydroxyl groups is 2. The number of nitrogens with one attached hydrogen (secondary N) is 2. The average molecular weight is 807 g/mol. The molecule has 58 heavy (non-hydrogen) atoms. The molecule has 3 fully saturated rings. The number of ether oxygens (including phenoxy) is 6. The van der Waals surface area contributed by atoms with Crippen LogP contribution in [0.1, 0.15) is 68.8 Å². The predicted molar refractivity (Wildman–Crippen MR) is 193 cm³/mol. The summed E-state index contributed by atoms with van der Waals surface area (Å²) in [5, 5.41) is 41.0. The van der Waals surface area contributed by atoms with Crippen molar-refractivity contribution in [3.05, 3.63) is 63.7 Å². The fourth-order valence-electron chi connectivity index (χ4n) is 8.83. The topological polar surface area (TPSA) is 249 Å². The summed E-state index contributed by atoms with van der Waals surface area (Å²) in [6.45, 7) is 1.85. The predicted octanol–water partition coefficient (Wildman–Crippen LogP) is -0.693. The van der Waals surface area contributed by atoms with Gasteiger partial charge >= 0.3 is 0 Å². The molecule has 19 nitrogen and oxygen atoms in total. The van der Waals surface area contributed by atoms with E-state index in [0.717, 1.165) is 17.1 Å². The lowest BCUT2D eigenvalue weighted by molar-refractivity contribution is -0.256. The van der Waals surface area contributed by atoms with Crippen LogP contribution in [0, 0.1) is 0 Å². The number of hydrogen-bond acceptors (Lipinski definition) is 16. The van der Waals surface area contributed by atoms with Gasteiger partial charge in [0.1, 0.15) is 35.5 Å². The molecular formula is C39H42N4O15. The summed E-state index contributed by atoms with van der Waals surface area (Å²) < 4.78 is 35.7. The molecule has 3 saturated heterocycles. The molecule has 0 bridgehead atoms. The van der Waals surface area contributed by atoms with E-state index in [9.17, 15) is 44.1 Å². The van der Waals surface area contributed by atoms with E-state index in [4.69, 9.17) is 28.4 Å². The number of methoxy groups -OCH3 is 2. The number of carbonyl (C=O) groups excluding carboxylic acids is 6. The minimum Gasteiger partial charge on any atom is -0.507 e. The maximum Gasteiger partial charge on any atom is 0.254 e. The van der Waals surface area contributed by atoms with Gasteiger partial charge in [0.2, 0.25) is 11.7 Å². The van der Waals surface area contributed by atoms with Crippen molar-refractivity contribution in [2.75, 3.05) is 47.0 Å². The maximum absolute atomic E-state index is 14.1. The van der Waals surface area contributed by atoms with Crippen LogP contribution in [0.25, 0.3) is 0 Å². The van der Waals surface area contributed by atoms with Crippen molar-refractivity contribution in [1.82, 2.24) is 20.4 Å². The molecule has 0 saturated carbocycles. The normalized spacial score (nSPS) is 30.0. The Morgan fingerprint density at radius 2 is 1.69 bits per heavy atom. The number of nitrogens with zero attached hydrogens (tertiary/aromatic N) is 2. The molecule has 19 heteroatoms. The fraction of sp³-hybridized carbons (Fsp3) is 0.487. The van der Waals surface area contributed by atoms with E-state index in [-0.39, 0.29) is 59.7 Å². The summed E-state index contributed by atoms with van der Waals surface area (Å²) in [5.41, 5.74) is -3.78. The highest BCUT2D eigenvalue weighted by molar-refractivity contribution is 6.31. The molecule has 2 aromatic carbocycles. The fourth-order valence-corrected chi connectivity index (χ4v) is 8.83. The SMILES string of the molecule is COc1cccc2c1C(=O)c1c(O)c3c(c(O)c1C2=O)C[C@@](O)(C(=O)NCCNC(=O)CN1C(=O)C=CC1=O)C[C@@H]3O[C@H]1C[C@H]2[C@H](O[C@@H]3[C@@H](OC)OCCN32)[C@H](C)O1. The molecule has 5 N–H and O–H groups in total. The van der Waals surface area contributed by atoms with Crippen LogP contribution in [0.5, 0.6) is 17.2 Å². The Hall–Kier alpha value is -5.28. The van der Waals surface area contributed by atoms with E-state index < -0.39 is 114 Å². The van der Waals surface area contributed by atoms with Gasteiger partial charge in [-0.2, -0.15) is 0 Å². The number of phenolic OH excluding ortho intramolecular Hbond substituents is 2. The smallest absolute Gasteiger partial charge is 0.254 e. The first-order chi connectivity index (χ1) is 27.8. The Bertz CT molecular complexity index is 2120. The number of morpholine rings is 1. The first kappa shape index (κ1) is 39.5. The van der Waals surface area contributed by atoms with E-state index in [0.29, 0.717) is 13.2 Å². The lowest BCUT2D eigenvalue weighted by Gasteiger charge is -2.43. The number of benzene rings is 2. The zero-order valence-electron chi connectivity index (χ0n) is 31.7. The zero-order chi connectivity index (χ0) is 41.2. The highest BCUT2D eigenvalue weighted by atomic mass is 16.7. The summed E-state index contributed by atoms with van der Waals surface area (Å²) in [6.07, 6.45) is -3.23. The highest BCUT2D eigenvalue weighted by Crippen LogP contribution is 2.53. The van der Waals surface area contributed by atoms with Crippen molar-refractivity contribution in [3.63, 3.8) is 0 Å². The lowest BCUT2D eigenvalue weighted by atomic mass is 9.72. The zero-order valence-corrected chi connectivity index (χ0v) is 31.7. The number of ketones is 2. The number of aliphatic hydroxyl groups is 1. The van der Waals surface area contributed by atoms with Gasteiger partial charge in [0.25, 0.3) is 17.7 Å². The van der Waals surface area contributed by atoms with Gasteiger partial charge in [-0.3, -0.25) is 38.6 Å². The van der Waals surface area contributed by atoms with Crippen LogP contribution in [0.15, 0.2) is 30.4 Å². The van der Waals surface area contributed by atoms with Gasteiger partial charge in [0.05, 0.1) is 42.6 Å². The number of hydrogen-bond donors (Lipinski definition) is 5. The minimum atomic E-state index is -2.33. The largest absolute Gasteiger partial charge is 0.507 e. The Balaban J connectivity index is 1.08. The molecule has 0 unspecified atom stereocenters. The van der Waals surface area contributed by atoms with Crippen molar-refractivity contribution in [2.45, 2.75) is 74.9 Å². The highest BCUT2D eigenvalue weighted by Gasteiger charge is 2.55. The Kier molecular flexibility index (Phi) is 10.3. The Labute approximate surface area is 330 Å². The molecule has 0 radical (unpaired) electrons. The van der Waals surface area contributed by atoms with Crippen LogP contribution >= 0.6 is 0 Å². The molecule has 8 atom stereocenters. The van der Waals surface area contributed by atoms with Crippen molar-refractivity contribution >= 4 is 35.2 Å². The quantitative estimate of drug-likeness (QED) is 0.0966. The molecule has 0 spiro atoms. The van der Waals surface area contributed by atoms with Gasteiger partial charge in [-0.1, -0.05) is 12.1 Å². The summed E-state index contributed by atoms with van der Waals surface area (Å²) in [4.78, 5) is 80.8. The third-order valence-electron chi connectivity index (χ3n) is 11.5. The first-order valence-electron chi connectivity index (χ1n) is 18.8. The Morgan fingerprint density at radius 3 is 2.41 bits per heavy atom. The van der Waals surface area contributed by atoms with Crippen molar-refractivity contribution in [1.29, 1.82) is 0 Å². The van der Waals surface area contributed by atoms with E-state index in [2.05, 4.69) is 15.5 Å². The number of carbonyl (C=O) groups is 6. The lowest BCUT2D eigenvalue weighted by Crippen LogP contribution is -2.55. The first-order valence-corrected chi connectivity index (χ1v) is 18.8. The molecule has 4 heterocycles. The molecule has 0 aromatic heterocycles. The maximum atomic E-state index is 14.1. The van der Waals surface area contributed by atoms with Crippen LogP contribution < -0.4 is 15.4 Å². The van der Waals surface area contributed by atoms with Gasteiger partial charge in [-0.25, -0.2) is 0 Å². The molecule has 2 aliphatic carbocycles. The van der Waals surface area contributed by atoms with Gasteiger partial charge in [-0.05, 0) is 13.0 Å². The average Bonchev–Trinajstić information content (AvgIpc) is 3.74. The van der Waals surface area contributed by atoms with E-state index in [1.165, 1.54) is 32.4 Å². The number of rotatable bonds is 10. The molecule has 4 amide bonds. The van der Waals surface area contributed by atoms with E-state index in [1.54, 1.807) is 6.92 Å². The molecule has 308 valence electrons. The minimum absolute atomic E-state index is 0.0741. The molecule has 6 aliphatic rings. The monoisotopic (exact) mass is 806 g/mol. The van der Waals surface area contributed by atoms with Gasteiger partial charge in [0, 0.05) is 80.9 Å². The number of imide groups is 1. The van der Waals surface area contributed by atoms with Gasteiger partial charge in [-0.15, -0.1) is 0 Å². The van der Waals surface area contributed by atoms with Crippen LogP contribution in [0.2, 0.25) is 0 Å². The van der Waals surface area contributed by atoms with Crippen LogP contribution in [-0.4, -0.2) is 150 Å². The molecular weight excluding hydrogens is 764 g/mol. The molecule has 2 aromatic rings. The van der Waals surface area contributed by atoms with Gasteiger partial charge in [0.15, 0.2) is 24.6 Å². The number of fused-ring (bicyclic) bond motifs is 6. The standard InChI is InChI=1S/C39H42N4O15/c1-17-35-20(42-11-12-55-37(54-3)36(42)58-35)13-26(56-17)57-22-15-39(52,38(51)41-10-9-40-23(44)16-43-24(45)7-8-25(43)46)14-19-28(22)34(50)30-29(32(19)48)31(47)18-5-4-6-21(53-2)27(18)33(30)49/h4-8,17,20,22,26,35-37,48,50,52H,9-16H2,1-3H3,(H,40,44)(H,41,51)/t17-,20-,22-,26-,35+,36+,37-,39-/m0/s1. The Morgan fingerprint density at radius 1 is 0.966 bits per heavy atom. The molecule has 4 aliphatic heterocycles. The van der Waals surface area contributed by atoms with E-state index >= 15 is 0 Å². The second-order valence-corrected chi connectivity index (χ2v) is 14.9. The number of phenols is 2.